The molecule has 0 saturated carbocycles. The Morgan fingerprint density at radius 3 is 2.89 bits per heavy atom. The molecule has 7 heteroatoms. The van der Waals surface area contributed by atoms with Gasteiger partial charge >= 0.3 is 5.97 Å². The molecule has 5 nitrogen and oxygen atoms in total. The van der Waals surface area contributed by atoms with Crippen molar-refractivity contribution in [1.29, 1.82) is 0 Å². The number of carbonyl (C=O) groups is 2. The first kappa shape index (κ1) is 13.8. The Bertz CT molecular complexity index is 522. The standard InChI is InChI=1S/C12H11ClFNO4/c13-10-7(2-1-3-8(10)14)11(16)15-4-5-19-9(6-15)12(17)18/h1-3,9H,4-6H2,(H,17,18)/t9-/m1/s1. The Morgan fingerprint density at radius 2 is 2.21 bits per heavy atom. The number of carboxylic acids is 1. The maximum Gasteiger partial charge on any atom is 0.334 e. The second kappa shape index (κ2) is 5.54. The summed E-state index contributed by atoms with van der Waals surface area (Å²) in [5.74, 6) is -2.32. The molecule has 1 fully saturated rings. The normalized spacial score (nSPS) is 19.3. The second-order valence-electron chi connectivity index (χ2n) is 4.05. The van der Waals surface area contributed by atoms with Crippen molar-refractivity contribution in [1.82, 2.24) is 4.90 Å². The first-order chi connectivity index (χ1) is 9.00. The predicted molar refractivity (Wildman–Crippen MR) is 64.7 cm³/mol. The fraction of sp³-hybridized carbons (Fsp3) is 0.333. The second-order valence-corrected chi connectivity index (χ2v) is 4.43. The molecule has 102 valence electrons. The number of hydrogen-bond donors (Lipinski definition) is 1. The van der Waals surface area contributed by atoms with Gasteiger partial charge in [0.1, 0.15) is 5.82 Å². The van der Waals surface area contributed by atoms with E-state index >= 15 is 0 Å². The van der Waals surface area contributed by atoms with Crippen molar-refractivity contribution in [2.75, 3.05) is 19.7 Å². The smallest absolute Gasteiger partial charge is 0.334 e. The third-order valence-corrected chi connectivity index (χ3v) is 3.20. The summed E-state index contributed by atoms with van der Waals surface area (Å²) in [5.41, 5.74) is 0.0210. The quantitative estimate of drug-likeness (QED) is 0.893. The van der Waals surface area contributed by atoms with E-state index < -0.39 is 23.8 Å². The number of carbonyl (C=O) groups excluding carboxylic acids is 1. The Morgan fingerprint density at radius 1 is 1.47 bits per heavy atom. The van der Waals surface area contributed by atoms with Crippen LogP contribution in [0.25, 0.3) is 0 Å². The topological polar surface area (TPSA) is 66.8 Å². The van der Waals surface area contributed by atoms with E-state index in [1.165, 1.54) is 17.0 Å². The fourth-order valence-electron chi connectivity index (χ4n) is 1.82. The van der Waals surface area contributed by atoms with E-state index in [0.29, 0.717) is 0 Å². The van der Waals surface area contributed by atoms with Gasteiger partial charge < -0.3 is 14.7 Å². The van der Waals surface area contributed by atoms with Crippen LogP contribution in [-0.4, -0.2) is 47.7 Å². The minimum Gasteiger partial charge on any atom is -0.479 e. The van der Waals surface area contributed by atoms with E-state index in [1.54, 1.807) is 0 Å². The Hall–Kier alpha value is -1.66. The van der Waals surface area contributed by atoms with Crippen LogP contribution in [0.1, 0.15) is 10.4 Å². The molecule has 1 aromatic rings. The molecule has 0 aromatic heterocycles. The van der Waals surface area contributed by atoms with Crippen molar-refractivity contribution in [3.63, 3.8) is 0 Å². The van der Waals surface area contributed by atoms with Gasteiger partial charge in [0.25, 0.3) is 5.91 Å². The molecule has 1 aliphatic heterocycles. The SMILES string of the molecule is O=C(O)[C@H]1CN(C(=O)c2cccc(F)c2Cl)CCO1. The Kier molecular flexibility index (Phi) is 4.01. The first-order valence-electron chi connectivity index (χ1n) is 5.58. The summed E-state index contributed by atoms with van der Waals surface area (Å²) in [5, 5.41) is 8.60. The molecule has 1 N–H and O–H groups in total. The number of halogens is 2. The van der Waals surface area contributed by atoms with Crippen LogP contribution in [0.2, 0.25) is 5.02 Å². The average molecular weight is 288 g/mol. The lowest BCUT2D eigenvalue weighted by Crippen LogP contribution is -2.48. The first-order valence-corrected chi connectivity index (χ1v) is 5.96. The summed E-state index contributed by atoms with van der Waals surface area (Å²) >= 11 is 5.74. The van der Waals surface area contributed by atoms with Crippen LogP contribution in [0.5, 0.6) is 0 Å². The number of amides is 1. The van der Waals surface area contributed by atoms with Gasteiger partial charge in [-0.15, -0.1) is 0 Å². The summed E-state index contributed by atoms with van der Waals surface area (Å²) in [7, 11) is 0. The lowest BCUT2D eigenvalue weighted by Gasteiger charge is -2.31. The van der Waals surface area contributed by atoms with E-state index in [1.807, 2.05) is 0 Å². The van der Waals surface area contributed by atoms with Crippen molar-refractivity contribution in [3.05, 3.63) is 34.6 Å². The maximum atomic E-state index is 13.3. The van der Waals surface area contributed by atoms with Gasteiger partial charge in [-0.25, -0.2) is 9.18 Å². The maximum absolute atomic E-state index is 13.3. The van der Waals surface area contributed by atoms with Crippen molar-refractivity contribution in [2.45, 2.75) is 6.10 Å². The molecule has 2 rings (SSSR count). The molecule has 1 atom stereocenters. The van der Waals surface area contributed by atoms with E-state index in [0.717, 1.165) is 6.07 Å². The molecule has 0 aliphatic carbocycles. The van der Waals surface area contributed by atoms with Crippen LogP contribution in [0.3, 0.4) is 0 Å². The van der Waals surface area contributed by atoms with Crippen molar-refractivity contribution < 1.29 is 23.8 Å². The highest BCUT2D eigenvalue weighted by Gasteiger charge is 2.30. The minimum atomic E-state index is -1.14. The zero-order chi connectivity index (χ0) is 14.0. The van der Waals surface area contributed by atoms with Gasteiger partial charge in [-0.1, -0.05) is 17.7 Å². The van der Waals surface area contributed by atoms with Crippen molar-refractivity contribution >= 4 is 23.5 Å². The zero-order valence-electron chi connectivity index (χ0n) is 9.81. The Balaban J connectivity index is 2.19. The lowest BCUT2D eigenvalue weighted by atomic mass is 10.1. The minimum absolute atomic E-state index is 0.0210. The van der Waals surface area contributed by atoms with Crippen LogP contribution in [0.15, 0.2) is 18.2 Å². The molecule has 0 spiro atoms. The van der Waals surface area contributed by atoms with E-state index in [9.17, 15) is 14.0 Å². The molecule has 1 aromatic carbocycles. The third-order valence-electron chi connectivity index (χ3n) is 2.81. The molecular weight excluding hydrogens is 277 g/mol. The molecule has 1 heterocycles. The predicted octanol–water partition coefficient (Wildman–Crippen LogP) is 1.40. The largest absolute Gasteiger partial charge is 0.479 e. The molecule has 19 heavy (non-hydrogen) atoms. The number of morpholine rings is 1. The summed E-state index contributed by atoms with van der Waals surface area (Å²) in [6, 6.07) is 3.93. The van der Waals surface area contributed by atoms with Gasteiger partial charge in [-0.2, -0.15) is 0 Å². The summed E-state index contributed by atoms with van der Waals surface area (Å²) in [4.78, 5) is 24.3. The lowest BCUT2D eigenvalue weighted by molar-refractivity contribution is -0.154. The van der Waals surface area contributed by atoms with Gasteiger partial charge in [0.15, 0.2) is 6.10 Å². The number of aliphatic carboxylic acids is 1. The van der Waals surface area contributed by atoms with E-state index in [4.69, 9.17) is 21.4 Å². The number of rotatable bonds is 2. The third kappa shape index (κ3) is 2.85. The summed E-state index contributed by atoms with van der Waals surface area (Å²) in [6.45, 7) is 0.284. The highest BCUT2D eigenvalue weighted by atomic mass is 35.5. The van der Waals surface area contributed by atoms with Crippen LogP contribution < -0.4 is 0 Å². The summed E-state index contributed by atoms with van der Waals surface area (Å²) < 4.78 is 18.3. The van der Waals surface area contributed by atoms with Gasteiger partial charge in [0.2, 0.25) is 0 Å². The number of nitrogens with zero attached hydrogens (tertiary/aromatic N) is 1. The molecular formula is C12H11ClFNO4. The van der Waals surface area contributed by atoms with Crippen LogP contribution in [-0.2, 0) is 9.53 Å². The number of carboxylic acid groups (broad SMARTS) is 1. The van der Waals surface area contributed by atoms with Gasteiger partial charge in [0.05, 0.1) is 23.7 Å². The van der Waals surface area contributed by atoms with Gasteiger partial charge in [-0.3, -0.25) is 4.79 Å². The van der Waals surface area contributed by atoms with Gasteiger partial charge in [-0.05, 0) is 12.1 Å². The van der Waals surface area contributed by atoms with Crippen LogP contribution >= 0.6 is 11.6 Å². The number of benzene rings is 1. The van der Waals surface area contributed by atoms with Crippen LogP contribution in [0.4, 0.5) is 4.39 Å². The molecule has 0 radical (unpaired) electrons. The number of ether oxygens (including phenoxy) is 1. The van der Waals surface area contributed by atoms with Gasteiger partial charge in [0, 0.05) is 6.54 Å². The van der Waals surface area contributed by atoms with Crippen LogP contribution in [0, 0.1) is 5.82 Å². The molecule has 1 saturated heterocycles. The molecule has 0 unspecified atom stereocenters. The van der Waals surface area contributed by atoms with Crippen molar-refractivity contribution in [2.24, 2.45) is 0 Å². The average Bonchev–Trinajstić information content (AvgIpc) is 2.41. The highest BCUT2D eigenvalue weighted by Crippen LogP contribution is 2.22. The molecule has 0 bridgehead atoms. The molecule has 1 aliphatic rings. The zero-order valence-corrected chi connectivity index (χ0v) is 10.6. The van der Waals surface area contributed by atoms with E-state index in [2.05, 4.69) is 0 Å². The Labute approximate surface area is 113 Å². The highest BCUT2D eigenvalue weighted by molar-refractivity contribution is 6.34. The van der Waals surface area contributed by atoms with E-state index in [-0.39, 0.29) is 30.3 Å². The monoisotopic (exact) mass is 287 g/mol. The fourth-order valence-corrected chi connectivity index (χ4v) is 2.03. The summed E-state index contributed by atoms with van der Waals surface area (Å²) in [6.07, 6.45) is -1.06. The molecule has 1 amide bonds. The number of hydrogen-bond acceptors (Lipinski definition) is 3. The van der Waals surface area contributed by atoms with Crippen molar-refractivity contribution in [3.8, 4) is 0 Å².